The molecule has 0 spiro atoms. The van der Waals surface area contributed by atoms with Crippen LogP contribution >= 0.6 is 0 Å². The van der Waals surface area contributed by atoms with Gasteiger partial charge in [0, 0.05) is 38.9 Å². The molecular formula is C52H32O2. The van der Waals surface area contributed by atoms with Crippen LogP contribution in [0.25, 0.3) is 110 Å². The maximum absolute atomic E-state index is 9.25. The monoisotopic (exact) mass is 696 g/mol. The van der Waals surface area contributed by atoms with E-state index in [1.165, 1.54) is 0 Å². The lowest BCUT2D eigenvalue weighted by Gasteiger charge is -2.18. The van der Waals surface area contributed by atoms with Crippen LogP contribution in [0.1, 0.15) is 11.0 Å². The Morgan fingerprint density at radius 1 is 0.333 bits per heavy atom. The van der Waals surface area contributed by atoms with Crippen LogP contribution in [-0.2, 0) is 0 Å². The molecule has 0 aliphatic heterocycles. The molecule has 2 heteroatoms. The summed E-state index contributed by atoms with van der Waals surface area (Å²) in [4.78, 5) is 0. The smallest absolute Gasteiger partial charge is 0.143 e. The summed E-state index contributed by atoms with van der Waals surface area (Å²) < 4.78 is 85.0. The van der Waals surface area contributed by atoms with Crippen molar-refractivity contribution < 1.29 is 19.8 Å². The van der Waals surface area contributed by atoms with Gasteiger partial charge in [-0.2, -0.15) is 0 Å². The first-order chi connectivity index (χ1) is 30.1. The number of rotatable bonds is 5. The van der Waals surface area contributed by atoms with E-state index in [9.17, 15) is 5.48 Å². The van der Waals surface area contributed by atoms with Gasteiger partial charge in [0.1, 0.15) is 22.5 Å². The molecule has 0 amide bonds. The second kappa shape index (κ2) is 12.2. The van der Waals surface area contributed by atoms with Crippen molar-refractivity contribution in [3.8, 4) is 55.8 Å². The van der Waals surface area contributed by atoms with E-state index < -0.39 is 24.2 Å². The Morgan fingerprint density at radius 3 is 1.39 bits per heavy atom. The molecule has 54 heavy (non-hydrogen) atoms. The second-order valence-electron chi connectivity index (χ2n) is 13.4. The number of furan rings is 2. The zero-order valence-corrected chi connectivity index (χ0v) is 28.7. The molecule has 2 aromatic heterocycles. The molecule has 0 aliphatic carbocycles. The Labute approximate surface area is 323 Å². The number of para-hydroxylation sites is 1. The van der Waals surface area contributed by atoms with Crippen molar-refractivity contribution in [1.29, 1.82) is 0 Å². The van der Waals surface area contributed by atoms with Crippen LogP contribution in [0.15, 0.2) is 203 Å². The van der Waals surface area contributed by atoms with Gasteiger partial charge in [0.15, 0.2) is 0 Å². The molecule has 0 fully saturated rings. The van der Waals surface area contributed by atoms with Gasteiger partial charge in [-0.25, -0.2) is 0 Å². The molecule has 2 heterocycles. The van der Waals surface area contributed by atoms with Gasteiger partial charge in [-0.3, -0.25) is 0 Å². The Balaban J connectivity index is 1.13. The van der Waals surface area contributed by atoms with Crippen molar-refractivity contribution in [2.75, 3.05) is 0 Å². The summed E-state index contributed by atoms with van der Waals surface area (Å²) in [7, 11) is 0. The average molecular weight is 697 g/mol. The fraction of sp³-hybridized carbons (Fsp3) is 0. The molecule has 0 radical (unpaired) electrons. The lowest BCUT2D eigenvalue weighted by atomic mass is 9.85. The van der Waals surface area contributed by atoms with Gasteiger partial charge in [-0.1, -0.05) is 182 Å². The van der Waals surface area contributed by atoms with Gasteiger partial charge in [0.05, 0.1) is 11.0 Å². The molecule has 0 N–H and O–H groups in total. The predicted octanol–water partition coefficient (Wildman–Crippen LogP) is 15.0. The highest BCUT2D eigenvalue weighted by Gasteiger charge is 2.22. The van der Waals surface area contributed by atoms with E-state index in [1.54, 1.807) is 24.3 Å². The fourth-order valence-corrected chi connectivity index (χ4v) is 7.92. The molecule has 9 aromatic carbocycles. The van der Waals surface area contributed by atoms with Crippen LogP contribution in [0.2, 0.25) is 0 Å². The van der Waals surface area contributed by atoms with E-state index in [1.807, 2.05) is 103 Å². The molecule has 11 aromatic rings. The zero-order chi connectivity index (χ0) is 42.6. The van der Waals surface area contributed by atoms with Crippen molar-refractivity contribution in [3.05, 3.63) is 194 Å². The number of fused-ring (bicyclic) bond motifs is 6. The highest BCUT2D eigenvalue weighted by Crippen LogP contribution is 2.46. The minimum atomic E-state index is -0.435. The molecule has 0 unspecified atom stereocenters. The lowest BCUT2D eigenvalue weighted by molar-refractivity contribution is 0.629. The van der Waals surface area contributed by atoms with Crippen LogP contribution in [0.5, 0.6) is 0 Å². The van der Waals surface area contributed by atoms with E-state index >= 15 is 0 Å². The first-order valence-corrected chi connectivity index (χ1v) is 17.8. The average Bonchev–Trinajstić information content (AvgIpc) is 3.88. The Hall–Kier alpha value is -7.16. The zero-order valence-electron chi connectivity index (χ0n) is 36.7. The summed E-state index contributed by atoms with van der Waals surface area (Å²) in [6.45, 7) is 0. The minimum Gasteiger partial charge on any atom is -0.455 e. The van der Waals surface area contributed by atoms with Gasteiger partial charge >= 0.3 is 0 Å². The quantitative estimate of drug-likeness (QED) is 0.167. The molecule has 2 nitrogen and oxygen atoms in total. The second-order valence-corrected chi connectivity index (χ2v) is 13.4. The van der Waals surface area contributed by atoms with Crippen molar-refractivity contribution >= 4 is 54.5 Å². The van der Waals surface area contributed by atoms with Crippen molar-refractivity contribution in [1.82, 2.24) is 0 Å². The maximum Gasteiger partial charge on any atom is 0.143 e. The molecule has 0 bridgehead atoms. The van der Waals surface area contributed by atoms with Crippen molar-refractivity contribution in [2.24, 2.45) is 0 Å². The van der Waals surface area contributed by atoms with Gasteiger partial charge in [-0.15, -0.1) is 0 Å². The molecule has 0 aliphatic rings. The van der Waals surface area contributed by atoms with E-state index in [-0.39, 0.29) is 45.7 Å². The SMILES string of the molecule is [2H]c1c([2H])c([2H])c2c(-c3ccc(-c4cccc5c4oc4cc6oc(-c7ccccc7)c(-c7ccccc7)c6cc45)cc3)c3c([2H])c([2H])c([2H])c([2H])c3c(-c3ccccc3)c2c1[2H]. The molecular weight excluding hydrogens is 657 g/mol. The normalized spacial score (nSPS) is 13.8. The van der Waals surface area contributed by atoms with Crippen LogP contribution in [0, 0.1) is 0 Å². The van der Waals surface area contributed by atoms with Gasteiger partial charge in [0.25, 0.3) is 0 Å². The maximum atomic E-state index is 9.25. The molecule has 0 saturated heterocycles. The summed E-state index contributed by atoms with van der Waals surface area (Å²) in [5, 5.41) is 3.54. The fourth-order valence-electron chi connectivity index (χ4n) is 7.92. The molecule has 0 saturated carbocycles. The highest BCUT2D eigenvalue weighted by atomic mass is 16.3. The van der Waals surface area contributed by atoms with Crippen molar-refractivity contribution in [2.45, 2.75) is 0 Å². The summed E-state index contributed by atoms with van der Waals surface area (Å²) >= 11 is 0. The Bertz CT molecular complexity index is 3560. The lowest BCUT2D eigenvalue weighted by Crippen LogP contribution is -1.90. The highest BCUT2D eigenvalue weighted by molar-refractivity contribution is 6.21. The third-order valence-electron chi connectivity index (χ3n) is 10.3. The number of hydrogen-bond donors (Lipinski definition) is 0. The summed E-state index contributed by atoms with van der Waals surface area (Å²) in [6.07, 6.45) is 0. The predicted molar refractivity (Wildman–Crippen MR) is 226 cm³/mol. The van der Waals surface area contributed by atoms with Crippen molar-refractivity contribution in [3.63, 3.8) is 0 Å². The summed E-state index contributed by atoms with van der Waals surface area (Å²) in [5.41, 5.74) is 8.43. The van der Waals surface area contributed by atoms with E-state index in [4.69, 9.17) is 14.3 Å². The molecule has 0 atom stereocenters. The Kier molecular flexibility index (Phi) is 5.30. The minimum absolute atomic E-state index is 0.175. The standard InChI is InChI=1S/C52H32O2/c1-4-15-34(16-5-1)48-39-21-10-12-23-41(39)49(42-24-13-11-22-40(42)48)36-29-27-33(28-30-36)38-25-14-26-43-44-31-45-47(32-46(44)54-52(38)43)53-51(37-19-8-3-9-20-37)50(45)35-17-6-2-7-18-35/h1-32H/i10D,11D,12D,13D,21D,22D,23D,24D. The van der Waals surface area contributed by atoms with E-state index in [2.05, 4.69) is 18.2 Å². The first kappa shape index (κ1) is 23.4. The summed E-state index contributed by atoms with van der Waals surface area (Å²) in [6, 6.07) is 44.0. The largest absolute Gasteiger partial charge is 0.455 e. The van der Waals surface area contributed by atoms with E-state index in [0.29, 0.717) is 39.0 Å². The Morgan fingerprint density at radius 2 is 0.815 bits per heavy atom. The number of benzene rings is 9. The summed E-state index contributed by atoms with van der Waals surface area (Å²) in [5.74, 6) is 0.783. The topological polar surface area (TPSA) is 26.3 Å². The van der Waals surface area contributed by atoms with Crippen LogP contribution < -0.4 is 0 Å². The third-order valence-corrected chi connectivity index (χ3v) is 10.3. The first-order valence-electron chi connectivity index (χ1n) is 21.8. The van der Waals surface area contributed by atoms with Crippen LogP contribution in [-0.4, -0.2) is 0 Å². The molecule has 252 valence electrons. The third kappa shape index (κ3) is 4.74. The van der Waals surface area contributed by atoms with Crippen LogP contribution in [0.3, 0.4) is 0 Å². The van der Waals surface area contributed by atoms with Gasteiger partial charge in [0.2, 0.25) is 0 Å². The molecule has 11 rings (SSSR count). The van der Waals surface area contributed by atoms with Gasteiger partial charge in [-0.05, 0) is 61.0 Å². The van der Waals surface area contributed by atoms with Gasteiger partial charge < -0.3 is 8.83 Å². The van der Waals surface area contributed by atoms with E-state index in [0.717, 1.165) is 49.7 Å². The number of hydrogen-bond acceptors (Lipinski definition) is 2. The van der Waals surface area contributed by atoms with Crippen LogP contribution in [0.4, 0.5) is 0 Å².